The standard InChI is InChI=1S/C16H30N2O/c1-3-5-16(19)17-15-6-4-9-18(12-15)11-14-8-7-13(2)10-14/h13-15H,3-12H2,1-2H3,(H,17,19). The molecule has 1 aliphatic heterocycles. The molecule has 1 heterocycles. The first-order valence-electron chi connectivity index (χ1n) is 8.19. The predicted molar refractivity (Wildman–Crippen MR) is 79.0 cm³/mol. The summed E-state index contributed by atoms with van der Waals surface area (Å²) in [6, 6.07) is 0.395. The number of hydrogen-bond donors (Lipinski definition) is 1. The molecular formula is C16H30N2O. The molecule has 0 aromatic rings. The van der Waals surface area contributed by atoms with E-state index in [1.807, 2.05) is 0 Å². The van der Waals surface area contributed by atoms with Crippen LogP contribution in [0, 0.1) is 11.8 Å². The quantitative estimate of drug-likeness (QED) is 0.830. The molecule has 3 nitrogen and oxygen atoms in total. The SMILES string of the molecule is CCCC(=O)NC1CCCN(CC2CCC(C)C2)C1. The molecule has 0 aromatic heterocycles. The zero-order valence-corrected chi connectivity index (χ0v) is 12.7. The second-order valence-electron chi connectivity index (χ2n) is 6.70. The zero-order chi connectivity index (χ0) is 13.7. The second kappa shape index (κ2) is 7.28. The topological polar surface area (TPSA) is 32.3 Å². The summed E-state index contributed by atoms with van der Waals surface area (Å²) in [6.07, 6.45) is 8.24. The van der Waals surface area contributed by atoms with E-state index in [4.69, 9.17) is 0 Å². The van der Waals surface area contributed by atoms with Crippen molar-refractivity contribution in [2.75, 3.05) is 19.6 Å². The van der Waals surface area contributed by atoms with Gasteiger partial charge in [-0.2, -0.15) is 0 Å². The fourth-order valence-electron chi connectivity index (χ4n) is 3.72. The zero-order valence-electron chi connectivity index (χ0n) is 12.7. The Kier molecular flexibility index (Phi) is 5.68. The van der Waals surface area contributed by atoms with Gasteiger partial charge < -0.3 is 10.2 Å². The number of likely N-dealkylation sites (tertiary alicyclic amines) is 1. The van der Waals surface area contributed by atoms with E-state index in [9.17, 15) is 4.79 Å². The molecule has 2 fully saturated rings. The monoisotopic (exact) mass is 266 g/mol. The van der Waals surface area contributed by atoms with E-state index in [1.54, 1.807) is 0 Å². The van der Waals surface area contributed by atoms with Crippen molar-refractivity contribution in [1.29, 1.82) is 0 Å². The molecule has 2 rings (SSSR count). The molecule has 3 unspecified atom stereocenters. The summed E-state index contributed by atoms with van der Waals surface area (Å²) in [5.74, 6) is 2.07. The maximum atomic E-state index is 11.7. The molecule has 110 valence electrons. The summed E-state index contributed by atoms with van der Waals surface area (Å²) in [7, 11) is 0. The van der Waals surface area contributed by atoms with Crippen molar-refractivity contribution in [1.82, 2.24) is 10.2 Å². The number of hydrogen-bond acceptors (Lipinski definition) is 2. The maximum Gasteiger partial charge on any atom is 0.220 e. The van der Waals surface area contributed by atoms with Crippen LogP contribution in [0.2, 0.25) is 0 Å². The van der Waals surface area contributed by atoms with E-state index in [0.717, 1.165) is 31.2 Å². The molecule has 0 spiro atoms. The number of nitrogens with zero attached hydrogens (tertiary/aromatic N) is 1. The van der Waals surface area contributed by atoms with Gasteiger partial charge in [0.05, 0.1) is 0 Å². The van der Waals surface area contributed by atoms with Gasteiger partial charge in [0.15, 0.2) is 0 Å². The number of nitrogens with one attached hydrogen (secondary N) is 1. The van der Waals surface area contributed by atoms with E-state index in [2.05, 4.69) is 24.1 Å². The lowest BCUT2D eigenvalue weighted by Gasteiger charge is -2.34. The molecule has 1 saturated heterocycles. The van der Waals surface area contributed by atoms with Gasteiger partial charge in [-0.1, -0.05) is 20.3 Å². The summed E-state index contributed by atoms with van der Waals surface area (Å²) in [5.41, 5.74) is 0. The molecule has 0 radical (unpaired) electrons. The fourth-order valence-corrected chi connectivity index (χ4v) is 3.72. The van der Waals surface area contributed by atoms with Crippen LogP contribution in [0.5, 0.6) is 0 Å². The van der Waals surface area contributed by atoms with Gasteiger partial charge in [-0.25, -0.2) is 0 Å². The van der Waals surface area contributed by atoms with Crippen LogP contribution in [0.4, 0.5) is 0 Å². The molecule has 2 aliphatic rings. The Balaban J connectivity index is 1.72. The average Bonchev–Trinajstić information content (AvgIpc) is 2.75. The minimum Gasteiger partial charge on any atom is -0.352 e. The summed E-state index contributed by atoms with van der Waals surface area (Å²) in [6.45, 7) is 7.99. The number of piperidine rings is 1. The van der Waals surface area contributed by atoms with Crippen molar-refractivity contribution in [2.24, 2.45) is 11.8 Å². The lowest BCUT2D eigenvalue weighted by atomic mass is 10.0. The van der Waals surface area contributed by atoms with Gasteiger partial charge in [0.1, 0.15) is 0 Å². The Morgan fingerprint density at radius 3 is 2.84 bits per heavy atom. The Hall–Kier alpha value is -0.570. The lowest BCUT2D eigenvalue weighted by molar-refractivity contribution is -0.122. The van der Waals surface area contributed by atoms with Crippen molar-refractivity contribution in [3.63, 3.8) is 0 Å². The summed E-state index contributed by atoms with van der Waals surface area (Å²) in [4.78, 5) is 14.3. The lowest BCUT2D eigenvalue weighted by Crippen LogP contribution is -2.48. The smallest absolute Gasteiger partial charge is 0.220 e. The molecule has 1 saturated carbocycles. The Morgan fingerprint density at radius 2 is 2.16 bits per heavy atom. The largest absolute Gasteiger partial charge is 0.352 e. The van der Waals surface area contributed by atoms with E-state index in [0.29, 0.717) is 12.5 Å². The van der Waals surface area contributed by atoms with Crippen molar-refractivity contribution < 1.29 is 4.79 Å². The van der Waals surface area contributed by atoms with E-state index in [1.165, 1.54) is 38.8 Å². The van der Waals surface area contributed by atoms with Gasteiger partial charge in [0.2, 0.25) is 5.91 Å². The van der Waals surface area contributed by atoms with Gasteiger partial charge in [0, 0.05) is 25.6 Å². The fraction of sp³-hybridized carbons (Fsp3) is 0.938. The van der Waals surface area contributed by atoms with Crippen molar-refractivity contribution in [3.05, 3.63) is 0 Å². The molecule has 1 aliphatic carbocycles. The molecular weight excluding hydrogens is 236 g/mol. The predicted octanol–water partition coefficient (Wildman–Crippen LogP) is 2.80. The molecule has 0 bridgehead atoms. The first-order chi connectivity index (χ1) is 9.17. The third kappa shape index (κ3) is 4.79. The van der Waals surface area contributed by atoms with Crippen molar-refractivity contribution >= 4 is 5.91 Å². The molecule has 0 aromatic carbocycles. The van der Waals surface area contributed by atoms with Crippen LogP contribution in [0.1, 0.15) is 58.8 Å². The first kappa shape index (κ1) is 14.8. The normalized spacial score (nSPS) is 32.4. The third-order valence-electron chi connectivity index (χ3n) is 4.67. The highest BCUT2D eigenvalue weighted by Crippen LogP contribution is 2.31. The molecule has 1 amide bonds. The number of carbonyl (C=O) groups is 1. The summed E-state index contributed by atoms with van der Waals surface area (Å²) in [5, 5.41) is 3.20. The van der Waals surface area contributed by atoms with Crippen LogP contribution in [0.3, 0.4) is 0 Å². The van der Waals surface area contributed by atoms with Crippen LogP contribution in [-0.2, 0) is 4.79 Å². The van der Waals surface area contributed by atoms with Crippen LogP contribution >= 0.6 is 0 Å². The van der Waals surface area contributed by atoms with Gasteiger partial charge in [-0.3, -0.25) is 4.79 Å². The second-order valence-corrected chi connectivity index (χ2v) is 6.70. The van der Waals surface area contributed by atoms with Crippen LogP contribution in [0.25, 0.3) is 0 Å². The van der Waals surface area contributed by atoms with E-state index in [-0.39, 0.29) is 5.91 Å². The highest BCUT2D eigenvalue weighted by molar-refractivity contribution is 5.76. The highest BCUT2D eigenvalue weighted by atomic mass is 16.1. The van der Waals surface area contributed by atoms with Gasteiger partial charge >= 0.3 is 0 Å². The molecule has 3 atom stereocenters. The Bertz CT molecular complexity index is 292. The minimum atomic E-state index is 0.240. The van der Waals surface area contributed by atoms with Crippen LogP contribution in [-0.4, -0.2) is 36.5 Å². The van der Waals surface area contributed by atoms with E-state index >= 15 is 0 Å². The number of carbonyl (C=O) groups excluding carboxylic acids is 1. The van der Waals surface area contributed by atoms with Crippen molar-refractivity contribution in [2.45, 2.75) is 64.8 Å². The van der Waals surface area contributed by atoms with Gasteiger partial charge in [-0.05, 0) is 50.5 Å². The number of amides is 1. The van der Waals surface area contributed by atoms with Crippen LogP contribution < -0.4 is 5.32 Å². The van der Waals surface area contributed by atoms with Crippen LogP contribution in [0.15, 0.2) is 0 Å². The minimum absolute atomic E-state index is 0.240. The highest BCUT2D eigenvalue weighted by Gasteiger charge is 2.26. The Labute approximate surface area is 118 Å². The van der Waals surface area contributed by atoms with Gasteiger partial charge in [0.25, 0.3) is 0 Å². The summed E-state index contributed by atoms with van der Waals surface area (Å²) >= 11 is 0. The number of rotatable bonds is 5. The van der Waals surface area contributed by atoms with Gasteiger partial charge in [-0.15, -0.1) is 0 Å². The van der Waals surface area contributed by atoms with Crippen molar-refractivity contribution in [3.8, 4) is 0 Å². The third-order valence-corrected chi connectivity index (χ3v) is 4.67. The average molecular weight is 266 g/mol. The Morgan fingerprint density at radius 1 is 1.32 bits per heavy atom. The first-order valence-corrected chi connectivity index (χ1v) is 8.19. The maximum absolute atomic E-state index is 11.7. The van der Waals surface area contributed by atoms with E-state index < -0.39 is 0 Å². The molecule has 19 heavy (non-hydrogen) atoms. The summed E-state index contributed by atoms with van der Waals surface area (Å²) < 4.78 is 0. The molecule has 1 N–H and O–H groups in total. The molecule has 3 heteroatoms.